The number of methoxy groups -OCH3 is 1. The van der Waals surface area contributed by atoms with Gasteiger partial charge in [-0.15, -0.1) is 0 Å². The highest BCUT2D eigenvalue weighted by molar-refractivity contribution is 5.67. The van der Waals surface area contributed by atoms with E-state index in [1.54, 1.807) is 7.11 Å². The third-order valence-electron chi connectivity index (χ3n) is 3.88. The van der Waals surface area contributed by atoms with E-state index in [-0.39, 0.29) is 0 Å². The van der Waals surface area contributed by atoms with Gasteiger partial charge in [-0.25, -0.2) is 4.79 Å². The molecule has 0 radical (unpaired) electrons. The molecule has 5 nitrogen and oxygen atoms in total. The number of carbonyl (C=O) groups is 1. The third-order valence-corrected chi connectivity index (χ3v) is 3.88. The molecule has 0 aliphatic heterocycles. The maximum absolute atomic E-state index is 11.7. The van der Waals surface area contributed by atoms with Crippen molar-refractivity contribution in [3.8, 4) is 17.2 Å². The Morgan fingerprint density at radius 3 is 2.07 bits per heavy atom. The van der Waals surface area contributed by atoms with E-state index in [2.05, 4.69) is 17.4 Å². The topological polar surface area (TPSA) is 56.8 Å². The average molecular weight is 371 g/mol. The number of hydrogen-bond acceptors (Lipinski definition) is 4. The lowest BCUT2D eigenvalue weighted by Gasteiger charge is -2.19. The summed E-state index contributed by atoms with van der Waals surface area (Å²) < 4.78 is 16.5. The predicted molar refractivity (Wildman–Crippen MR) is 107 cm³/mol. The van der Waals surface area contributed by atoms with Crippen LogP contribution < -0.4 is 14.8 Å². The second-order valence-electron chi connectivity index (χ2n) is 7.51. The molecule has 0 aliphatic carbocycles. The van der Waals surface area contributed by atoms with E-state index in [0.29, 0.717) is 6.54 Å². The molecule has 146 valence electrons. The molecule has 0 atom stereocenters. The summed E-state index contributed by atoms with van der Waals surface area (Å²) in [6.45, 7) is 10.1. The lowest BCUT2D eigenvalue weighted by molar-refractivity contribution is 0.0528. The standard InChI is InChI=1S/C22H29NO4/c1-15-13-17(11-12-23-21(24)27-22(3,4)5)14-16(2)20(15)26-19-9-7-18(25-6)8-10-19/h7-10,13-14H,11-12H2,1-6H3,(H,23,24). The Kier molecular flexibility index (Phi) is 6.72. The van der Waals surface area contributed by atoms with Crippen molar-refractivity contribution in [1.29, 1.82) is 0 Å². The SMILES string of the molecule is COc1ccc(Oc2c(C)cc(CCNC(=O)OC(C)(C)C)cc2C)cc1. The quantitative estimate of drug-likeness (QED) is 0.761. The van der Waals surface area contributed by atoms with Gasteiger partial charge in [-0.2, -0.15) is 0 Å². The van der Waals surface area contributed by atoms with Crippen LogP contribution in [-0.2, 0) is 11.2 Å². The molecule has 27 heavy (non-hydrogen) atoms. The Morgan fingerprint density at radius 1 is 1.00 bits per heavy atom. The van der Waals surface area contributed by atoms with Gasteiger partial charge in [0.1, 0.15) is 22.8 Å². The molecule has 0 aliphatic rings. The van der Waals surface area contributed by atoms with Crippen LogP contribution in [0.4, 0.5) is 4.79 Å². The Labute approximate surface area is 161 Å². The zero-order valence-electron chi connectivity index (χ0n) is 17.0. The van der Waals surface area contributed by atoms with Crippen LogP contribution in [0.3, 0.4) is 0 Å². The van der Waals surface area contributed by atoms with Gasteiger partial charge in [0.2, 0.25) is 0 Å². The molecule has 0 bridgehead atoms. The van der Waals surface area contributed by atoms with Crippen molar-refractivity contribution in [3.63, 3.8) is 0 Å². The molecule has 1 amide bonds. The number of benzene rings is 2. The maximum Gasteiger partial charge on any atom is 0.407 e. The van der Waals surface area contributed by atoms with Gasteiger partial charge in [0.25, 0.3) is 0 Å². The number of aryl methyl sites for hydroxylation is 2. The average Bonchev–Trinajstić information content (AvgIpc) is 2.57. The van der Waals surface area contributed by atoms with Crippen LogP contribution in [0.25, 0.3) is 0 Å². The van der Waals surface area contributed by atoms with Crippen LogP contribution in [0.15, 0.2) is 36.4 Å². The molecule has 1 N–H and O–H groups in total. The third kappa shape index (κ3) is 6.51. The molecule has 0 heterocycles. The number of rotatable bonds is 6. The second kappa shape index (κ2) is 8.80. The fourth-order valence-corrected chi connectivity index (χ4v) is 2.73. The molecule has 0 aromatic heterocycles. The Hall–Kier alpha value is -2.69. The van der Waals surface area contributed by atoms with Gasteiger partial charge in [-0.3, -0.25) is 0 Å². The molecular weight excluding hydrogens is 342 g/mol. The van der Waals surface area contributed by atoms with Gasteiger partial charge >= 0.3 is 6.09 Å². The van der Waals surface area contributed by atoms with Crippen LogP contribution in [0.1, 0.15) is 37.5 Å². The molecule has 5 heteroatoms. The number of nitrogens with one attached hydrogen (secondary N) is 1. The number of alkyl carbamates (subject to hydrolysis) is 1. The van der Waals surface area contributed by atoms with Gasteiger partial charge in [-0.1, -0.05) is 12.1 Å². The minimum Gasteiger partial charge on any atom is -0.497 e. The number of hydrogen-bond donors (Lipinski definition) is 1. The molecular formula is C22H29NO4. The first-order chi connectivity index (χ1) is 12.7. The first-order valence-electron chi connectivity index (χ1n) is 9.07. The fraction of sp³-hybridized carbons (Fsp3) is 0.409. The van der Waals surface area contributed by atoms with Crippen LogP contribution in [-0.4, -0.2) is 25.3 Å². The molecule has 2 rings (SSSR count). The first-order valence-corrected chi connectivity index (χ1v) is 9.07. The van der Waals surface area contributed by atoms with Crippen molar-refractivity contribution in [2.45, 2.75) is 46.6 Å². The smallest absolute Gasteiger partial charge is 0.407 e. The number of carbonyl (C=O) groups excluding carboxylic acids is 1. The maximum atomic E-state index is 11.7. The summed E-state index contributed by atoms with van der Waals surface area (Å²) in [6, 6.07) is 11.7. The zero-order chi connectivity index (χ0) is 20.0. The molecule has 0 unspecified atom stereocenters. The molecule has 2 aromatic carbocycles. The largest absolute Gasteiger partial charge is 0.497 e. The van der Waals surface area contributed by atoms with Crippen LogP contribution in [0.5, 0.6) is 17.2 Å². The highest BCUT2D eigenvalue weighted by Gasteiger charge is 2.15. The normalized spacial score (nSPS) is 11.0. The highest BCUT2D eigenvalue weighted by Crippen LogP contribution is 2.30. The van der Waals surface area contributed by atoms with Gasteiger partial charge in [-0.05, 0) is 82.0 Å². The first kappa shape index (κ1) is 20.6. The molecule has 0 spiro atoms. The van der Waals surface area contributed by atoms with Crippen molar-refractivity contribution in [2.75, 3.05) is 13.7 Å². The summed E-state index contributed by atoms with van der Waals surface area (Å²) in [4.78, 5) is 11.7. The van der Waals surface area contributed by atoms with Gasteiger partial charge in [0.15, 0.2) is 0 Å². The summed E-state index contributed by atoms with van der Waals surface area (Å²) in [5.74, 6) is 2.41. The summed E-state index contributed by atoms with van der Waals surface area (Å²) >= 11 is 0. The van der Waals surface area contributed by atoms with Gasteiger partial charge < -0.3 is 19.5 Å². The zero-order valence-corrected chi connectivity index (χ0v) is 17.0. The Morgan fingerprint density at radius 2 is 1.56 bits per heavy atom. The van der Waals surface area contributed by atoms with Gasteiger partial charge in [0.05, 0.1) is 7.11 Å². The minimum absolute atomic E-state index is 0.393. The fourth-order valence-electron chi connectivity index (χ4n) is 2.73. The monoisotopic (exact) mass is 371 g/mol. The lowest BCUT2D eigenvalue weighted by Crippen LogP contribution is -2.33. The van der Waals surface area contributed by atoms with Crippen molar-refractivity contribution in [3.05, 3.63) is 53.1 Å². The van der Waals surface area contributed by atoms with Crippen molar-refractivity contribution in [2.24, 2.45) is 0 Å². The Bertz CT molecular complexity index is 753. The van der Waals surface area contributed by atoms with Gasteiger partial charge in [0, 0.05) is 6.54 Å². The van der Waals surface area contributed by atoms with E-state index in [4.69, 9.17) is 14.2 Å². The molecule has 0 saturated carbocycles. The van der Waals surface area contributed by atoms with Crippen molar-refractivity contribution in [1.82, 2.24) is 5.32 Å². The second-order valence-corrected chi connectivity index (χ2v) is 7.51. The summed E-state index contributed by atoms with van der Waals surface area (Å²) in [5.41, 5.74) is 2.76. The molecule has 2 aromatic rings. The van der Waals surface area contributed by atoms with E-state index in [0.717, 1.165) is 40.4 Å². The van der Waals surface area contributed by atoms with E-state index >= 15 is 0 Å². The summed E-state index contributed by atoms with van der Waals surface area (Å²) in [5, 5.41) is 2.79. The van der Waals surface area contributed by atoms with E-state index in [9.17, 15) is 4.79 Å². The van der Waals surface area contributed by atoms with Crippen molar-refractivity contribution < 1.29 is 19.0 Å². The lowest BCUT2D eigenvalue weighted by atomic mass is 10.0. The predicted octanol–water partition coefficient (Wildman–Crippen LogP) is 5.17. The summed E-state index contributed by atoms with van der Waals surface area (Å²) in [6.07, 6.45) is 0.333. The van der Waals surface area contributed by atoms with E-state index < -0.39 is 11.7 Å². The molecule has 0 saturated heterocycles. The van der Waals surface area contributed by atoms with Crippen LogP contribution in [0, 0.1) is 13.8 Å². The highest BCUT2D eigenvalue weighted by atomic mass is 16.6. The molecule has 0 fully saturated rings. The van der Waals surface area contributed by atoms with Crippen LogP contribution >= 0.6 is 0 Å². The Balaban J connectivity index is 1.98. The van der Waals surface area contributed by atoms with E-state index in [1.807, 2.05) is 58.9 Å². The van der Waals surface area contributed by atoms with Crippen LogP contribution in [0.2, 0.25) is 0 Å². The number of ether oxygens (including phenoxy) is 3. The minimum atomic E-state index is -0.488. The summed E-state index contributed by atoms with van der Waals surface area (Å²) in [7, 11) is 1.64. The van der Waals surface area contributed by atoms with Crippen molar-refractivity contribution >= 4 is 6.09 Å². The van der Waals surface area contributed by atoms with E-state index in [1.165, 1.54) is 0 Å². The number of amides is 1.